The minimum Gasteiger partial charge on any atom is -0.392 e. The maximum absolute atomic E-state index is 15.5. The number of amides is 1. The molecule has 1 aliphatic rings. The zero-order valence-corrected chi connectivity index (χ0v) is 29.6. The third-order valence-corrected chi connectivity index (χ3v) is 9.14. The van der Waals surface area contributed by atoms with Gasteiger partial charge in [-0.05, 0) is 55.5 Å². The van der Waals surface area contributed by atoms with E-state index in [0.717, 1.165) is 10.3 Å². The summed E-state index contributed by atoms with van der Waals surface area (Å²) >= 11 is 0. The number of nitrogens with one attached hydrogen (secondary N) is 2. The highest BCUT2D eigenvalue weighted by atomic mass is 19.1. The lowest BCUT2D eigenvalue weighted by Gasteiger charge is -2.29. The quantitative estimate of drug-likeness (QED) is 0.176. The molecule has 0 bridgehead atoms. The van der Waals surface area contributed by atoms with E-state index >= 15 is 4.39 Å². The largest absolute Gasteiger partial charge is 0.392 e. The fourth-order valence-corrected chi connectivity index (χ4v) is 6.01. The van der Waals surface area contributed by atoms with Crippen LogP contribution in [0.4, 0.5) is 15.9 Å². The van der Waals surface area contributed by atoms with Gasteiger partial charge in [0, 0.05) is 55.7 Å². The molecule has 3 aromatic heterocycles. The number of carbonyl (C=O) groups is 1. The van der Waals surface area contributed by atoms with Crippen LogP contribution in [0.5, 0.6) is 0 Å². The molecule has 0 aliphatic heterocycles. The van der Waals surface area contributed by atoms with Gasteiger partial charge in [-0.1, -0.05) is 50.6 Å². The smallest absolute Gasteiger partial charge is 0.278 e. The molecule has 12 heteroatoms. The molecule has 3 heterocycles. The van der Waals surface area contributed by atoms with E-state index in [9.17, 15) is 19.5 Å². The van der Waals surface area contributed by atoms with Gasteiger partial charge in [0.1, 0.15) is 17.7 Å². The molecule has 50 heavy (non-hydrogen) atoms. The van der Waals surface area contributed by atoms with Crippen LogP contribution >= 0.6 is 0 Å². The second kappa shape index (κ2) is 14.5. The Morgan fingerprint density at radius 1 is 1.10 bits per heavy atom. The Labute approximate surface area is 290 Å². The van der Waals surface area contributed by atoms with Crippen molar-refractivity contribution in [2.45, 2.75) is 66.2 Å². The van der Waals surface area contributed by atoms with E-state index in [2.05, 4.69) is 20.7 Å². The third-order valence-electron chi connectivity index (χ3n) is 9.14. The second-order valence-electron chi connectivity index (χ2n) is 14.0. The first-order valence-corrected chi connectivity index (χ1v) is 16.7. The number of ether oxygens (including phenoxy) is 1. The second-order valence-corrected chi connectivity index (χ2v) is 14.0. The van der Waals surface area contributed by atoms with Crippen LogP contribution in [0.15, 0.2) is 70.2 Å². The minimum absolute atomic E-state index is 0.0417. The van der Waals surface area contributed by atoms with Gasteiger partial charge < -0.3 is 25.0 Å². The average molecular weight is 685 g/mol. The maximum Gasteiger partial charge on any atom is 0.278 e. The van der Waals surface area contributed by atoms with Crippen LogP contribution in [0.25, 0.3) is 22.9 Å². The van der Waals surface area contributed by atoms with E-state index in [1.165, 1.54) is 10.8 Å². The van der Waals surface area contributed by atoms with Gasteiger partial charge in [-0.25, -0.2) is 9.37 Å². The Morgan fingerprint density at radius 2 is 1.86 bits per heavy atom. The summed E-state index contributed by atoms with van der Waals surface area (Å²) in [5.41, 5.74) is 2.12. The molecule has 4 aromatic rings. The molecule has 0 fully saturated rings. The molecule has 0 unspecified atom stereocenters. The van der Waals surface area contributed by atoms with Crippen LogP contribution in [-0.2, 0) is 28.6 Å². The molecule has 5 rings (SSSR count). The van der Waals surface area contributed by atoms with Crippen molar-refractivity contribution < 1.29 is 19.0 Å². The van der Waals surface area contributed by atoms with Gasteiger partial charge in [-0.15, -0.1) is 0 Å². The van der Waals surface area contributed by atoms with E-state index in [-0.39, 0.29) is 34.6 Å². The number of rotatable bonds is 11. The van der Waals surface area contributed by atoms with Crippen LogP contribution < -0.4 is 21.8 Å². The Balaban J connectivity index is 1.46. The number of allylic oxidation sites excluding steroid dienone is 1. The summed E-state index contributed by atoms with van der Waals surface area (Å²) < 4.78 is 23.4. The number of alkyl halides is 1. The highest BCUT2D eigenvalue weighted by Gasteiger charge is 2.32. The van der Waals surface area contributed by atoms with Crippen molar-refractivity contribution in [2.24, 2.45) is 12.5 Å². The summed E-state index contributed by atoms with van der Waals surface area (Å²) in [5, 5.41) is 21.0. The molecule has 1 amide bonds. The first kappa shape index (κ1) is 36.3. The van der Waals surface area contributed by atoms with Crippen molar-refractivity contribution in [3.05, 3.63) is 104 Å². The van der Waals surface area contributed by atoms with Gasteiger partial charge in [-0.3, -0.25) is 14.4 Å². The number of aliphatic hydroxyl groups is 1. The molecule has 1 atom stereocenters. The number of aliphatic hydroxyl groups excluding tert-OH is 1. The number of hydrogen-bond donors (Lipinski definition) is 3. The predicted octanol–water partition coefficient (Wildman–Crippen LogP) is 5.50. The molecule has 0 saturated carbocycles. The van der Waals surface area contributed by atoms with E-state index < -0.39 is 23.8 Å². The number of nitrogens with zero attached hydrogens (tertiary/aromatic N) is 4. The number of hydrogen-bond acceptors (Lipinski definition) is 8. The Kier molecular flexibility index (Phi) is 10.5. The maximum atomic E-state index is 15.5. The van der Waals surface area contributed by atoms with Crippen molar-refractivity contribution >= 4 is 23.5 Å². The summed E-state index contributed by atoms with van der Waals surface area (Å²) in [4.78, 5) is 44.3. The summed E-state index contributed by atoms with van der Waals surface area (Å²) in [5.74, 6) is 0.230. The monoisotopic (exact) mass is 684 g/mol. The standard InChI is InChI=1S/C38H45FN6O5/c1-8-50-15-14-40-36(49)38(5,6)25-12-13-32(41-20-25)43-30-17-24(21-44(7)34(30)47)27-10-9-11-31(28(27)22-46)45-35(48)33-23(19-42-45)16-26(18-29(33)39)37(2,3)4/h9-13,16-17,19-21,29,46H,8,14-15,18,22H2,1-7H3,(H,40,49)(H,41,43)/t29-/m0/s1. The van der Waals surface area contributed by atoms with Crippen molar-refractivity contribution in [3.8, 4) is 16.8 Å². The molecule has 0 saturated heterocycles. The van der Waals surface area contributed by atoms with Gasteiger partial charge in [-0.2, -0.15) is 9.78 Å². The number of pyridine rings is 2. The molecular formula is C38H45FN6O5. The first-order chi connectivity index (χ1) is 23.7. The van der Waals surface area contributed by atoms with Crippen molar-refractivity contribution in [3.63, 3.8) is 0 Å². The van der Waals surface area contributed by atoms with Gasteiger partial charge in [0.05, 0.1) is 36.1 Å². The fraction of sp³-hybridized carbons (Fsp3) is 0.395. The van der Waals surface area contributed by atoms with Crippen LogP contribution in [0.2, 0.25) is 0 Å². The van der Waals surface area contributed by atoms with Crippen molar-refractivity contribution in [1.29, 1.82) is 0 Å². The fourth-order valence-electron chi connectivity index (χ4n) is 6.01. The predicted molar refractivity (Wildman–Crippen MR) is 192 cm³/mol. The number of fused-ring (bicyclic) bond motifs is 1. The Morgan fingerprint density at radius 3 is 2.52 bits per heavy atom. The van der Waals surface area contributed by atoms with E-state index in [1.807, 2.05) is 47.6 Å². The van der Waals surface area contributed by atoms with E-state index in [0.29, 0.717) is 59.1 Å². The van der Waals surface area contributed by atoms with Gasteiger partial charge in [0.15, 0.2) is 0 Å². The Bertz CT molecular complexity index is 2040. The Hall–Kier alpha value is -4.94. The van der Waals surface area contributed by atoms with Gasteiger partial charge in [0.25, 0.3) is 11.1 Å². The number of aryl methyl sites for hydroxylation is 1. The van der Waals surface area contributed by atoms with Crippen LogP contribution in [0.3, 0.4) is 0 Å². The molecule has 1 aromatic carbocycles. The number of aromatic nitrogens is 4. The van der Waals surface area contributed by atoms with Crippen molar-refractivity contribution in [2.75, 3.05) is 25.1 Å². The SMILES string of the molecule is CCOCCNC(=O)C(C)(C)c1ccc(Nc2cc(-c3cccc(-n4ncc5c(c4=O)[C@@H](F)CC(C(C)(C)C)=C5)c3CO)cn(C)c2=O)nc1. The number of benzene rings is 1. The lowest BCUT2D eigenvalue weighted by Crippen LogP contribution is -2.41. The summed E-state index contributed by atoms with van der Waals surface area (Å²) in [6.45, 7) is 12.5. The zero-order chi connectivity index (χ0) is 36.4. The molecule has 3 N–H and O–H groups in total. The summed E-state index contributed by atoms with van der Waals surface area (Å²) in [6, 6.07) is 10.3. The molecular weight excluding hydrogens is 639 g/mol. The highest BCUT2D eigenvalue weighted by molar-refractivity contribution is 5.87. The van der Waals surface area contributed by atoms with Gasteiger partial charge in [0.2, 0.25) is 5.91 Å². The van der Waals surface area contributed by atoms with E-state index in [4.69, 9.17) is 4.74 Å². The number of halogens is 1. The lowest BCUT2D eigenvalue weighted by molar-refractivity contribution is -0.125. The molecule has 0 radical (unpaired) electrons. The van der Waals surface area contributed by atoms with Crippen LogP contribution in [-0.4, -0.2) is 50.1 Å². The summed E-state index contributed by atoms with van der Waals surface area (Å²) in [7, 11) is 1.61. The zero-order valence-electron chi connectivity index (χ0n) is 29.6. The third kappa shape index (κ3) is 7.31. The van der Waals surface area contributed by atoms with Crippen LogP contribution in [0.1, 0.15) is 76.4 Å². The normalized spacial score (nSPS) is 14.6. The molecule has 264 valence electrons. The highest BCUT2D eigenvalue weighted by Crippen LogP contribution is 2.40. The average Bonchev–Trinajstić information content (AvgIpc) is 3.08. The summed E-state index contributed by atoms with van der Waals surface area (Å²) in [6.07, 6.45) is 5.20. The van der Waals surface area contributed by atoms with E-state index in [1.54, 1.807) is 55.8 Å². The first-order valence-electron chi connectivity index (χ1n) is 16.7. The van der Waals surface area contributed by atoms with Gasteiger partial charge >= 0.3 is 0 Å². The molecule has 0 spiro atoms. The van der Waals surface area contributed by atoms with Crippen molar-refractivity contribution in [1.82, 2.24) is 24.6 Å². The number of carbonyl (C=O) groups excluding carboxylic acids is 1. The molecule has 11 nitrogen and oxygen atoms in total. The lowest BCUT2D eigenvalue weighted by atomic mass is 9.78. The number of anilines is 2. The topological polar surface area (TPSA) is 140 Å². The van der Waals surface area contributed by atoms with Crippen LogP contribution in [0, 0.1) is 5.41 Å². The minimum atomic E-state index is -1.49. The molecule has 1 aliphatic carbocycles.